The fourth-order valence-corrected chi connectivity index (χ4v) is 4.84. The minimum atomic E-state index is -3.47. The van der Waals surface area contributed by atoms with Gasteiger partial charge in [-0.15, -0.1) is 11.3 Å². The third-order valence-electron chi connectivity index (χ3n) is 3.88. The van der Waals surface area contributed by atoms with Crippen molar-refractivity contribution in [3.8, 4) is 5.75 Å². The maximum atomic E-state index is 12.2. The number of aliphatic imine (C=N–C) groups is 1. The monoisotopic (exact) mass is 424 g/mol. The molecule has 154 valence electrons. The first-order valence-electron chi connectivity index (χ1n) is 9.07. The van der Waals surface area contributed by atoms with Crippen LogP contribution in [0, 0.1) is 13.8 Å². The maximum absolute atomic E-state index is 12.2. The molecular weight excluding hydrogens is 396 g/mol. The number of aryl methyl sites for hydroxylation is 2. The van der Waals surface area contributed by atoms with Gasteiger partial charge in [-0.25, -0.2) is 18.1 Å². The van der Waals surface area contributed by atoms with Gasteiger partial charge in [0.05, 0.1) is 13.7 Å². The van der Waals surface area contributed by atoms with Crippen LogP contribution < -0.4 is 20.1 Å². The summed E-state index contributed by atoms with van der Waals surface area (Å²) in [6.07, 6.45) is 0. The van der Waals surface area contributed by atoms with Crippen LogP contribution in [-0.2, 0) is 16.6 Å². The summed E-state index contributed by atoms with van der Waals surface area (Å²) in [5.74, 6) is 1.43. The lowest BCUT2D eigenvalue weighted by Gasteiger charge is -2.13. The van der Waals surface area contributed by atoms with Gasteiger partial charge >= 0.3 is 0 Å². The number of sulfonamides is 1. The van der Waals surface area contributed by atoms with Gasteiger partial charge in [0.15, 0.2) is 5.96 Å². The van der Waals surface area contributed by atoms with Gasteiger partial charge in [0, 0.05) is 30.1 Å². The molecule has 1 aromatic carbocycles. The fraction of sp³-hybridized carbons (Fsp3) is 0.421. The van der Waals surface area contributed by atoms with E-state index in [2.05, 4.69) is 20.3 Å². The molecule has 0 saturated carbocycles. The van der Waals surface area contributed by atoms with E-state index in [4.69, 9.17) is 4.74 Å². The van der Waals surface area contributed by atoms with Gasteiger partial charge in [-0.2, -0.15) is 0 Å². The van der Waals surface area contributed by atoms with E-state index in [1.165, 1.54) is 11.3 Å². The van der Waals surface area contributed by atoms with Crippen molar-refractivity contribution < 1.29 is 13.2 Å². The molecule has 0 amide bonds. The van der Waals surface area contributed by atoms with E-state index in [1.54, 1.807) is 19.2 Å². The molecule has 0 unspecified atom stereocenters. The lowest BCUT2D eigenvalue weighted by molar-refractivity contribution is 0.409. The molecule has 0 radical (unpaired) electrons. The predicted molar refractivity (Wildman–Crippen MR) is 115 cm³/mol. The molecule has 0 bridgehead atoms. The van der Waals surface area contributed by atoms with Gasteiger partial charge in [-0.3, -0.25) is 0 Å². The summed E-state index contributed by atoms with van der Waals surface area (Å²) < 4.78 is 32.8. The Bertz CT molecular complexity index is 908. The Labute approximate surface area is 171 Å². The van der Waals surface area contributed by atoms with E-state index >= 15 is 0 Å². The Hall–Kier alpha value is -2.10. The quantitative estimate of drug-likeness (QED) is 0.327. The topological polar surface area (TPSA) is 91.8 Å². The predicted octanol–water partition coefficient (Wildman–Crippen LogP) is 2.41. The first kappa shape index (κ1) is 22.2. The number of methoxy groups -OCH3 is 1. The summed E-state index contributed by atoms with van der Waals surface area (Å²) >= 11 is 1.26. The first-order chi connectivity index (χ1) is 13.4. The number of benzene rings is 1. The summed E-state index contributed by atoms with van der Waals surface area (Å²) in [6, 6.07) is 9.42. The van der Waals surface area contributed by atoms with Crippen LogP contribution in [-0.4, -0.2) is 41.1 Å². The van der Waals surface area contributed by atoms with Gasteiger partial charge in [0.25, 0.3) is 0 Å². The van der Waals surface area contributed by atoms with Gasteiger partial charge < -0.3 is 15.4 Å². The molecule has 28 heavy (non-hydrogen) atoms. The summed E-state index contributed by atoms with van der Waals surface area (Å²) in [5.41, 5.74) is 2.11. The molecule has 0 aliphatic rings. The summed E-state index contributed by atoms with van der Waals surface area (Å²) in [7, 11) is -1.82. The Balaban J connectivity index is 1.91. The van der Waals surface area contributed by atoms with Crippen molar-refractivity contribution in [1.29, 1.82) is 0 Å². The average Bonchev–Trinajstić information content (AvgIpc) is 3.11. The van der Waals surface area contributed by atoms with Gasteiger partial charge in [0.2, 0.25) is 10.0 Å². The lowest BCUT2D eigenvalue weighted by Crippen LogP contribution is -2.41. The molecule has 0 saturated heterocycles. The molecule has 0 atom stereocenters. The standard InChI is InChI=1S/C19H28N4O3S2/c1-5-20-19(22-13-16-8-6-14(2)12-17(16)26-4)21-10-11-23-28(24,25)18-9-7-15(3)27-18/h6-9,12,23H,5,10-11,13H2,1-4H3,(H2,20,21,22). The number of hydrogen-bond donors (Lipinski definition) is 3. The SMILES string of the molecule is CCNC(=NCc1ccc(C)cc1OC)NCCNS(=O)(=O)c1ccc(C)s1. The summed E-state index contributed by atoms with van der Waals surface area (Å²) in [5, 5.41) is 6.30. The summed E-state index contributed by atoms with van der Waals surface area (Å²) in [6.45, 7) is 7.72. The molecule has 0 aliphatic carbocycles. The first-order valence-corrected chi connectivity index (χ1v) is 11.4. The van der Waals surface area contributed by atoms with Gasteiger partial charge in [0.1, 0.15) is 9.96 Å². The average molecular weight is 425 g/mol. The molecule has 0 fully saturated rings. The number of guanidine groups is 1. The van der Waals surface area contributed by atoms with Crippen molar-refractivity contribution >= 4 is 27.3 Å². The lowest BCUT2D eigenvalue weighted by atomic mass is 10.1. The van der Waals surface area contributed by atoms with Crippen LogP contribution >= 0.6 is 11.3 Å². The number of ether oxygens (including phenoxy) is 1. The normalized spacial score (nSPS) is 12.1. The van der Waals surface area contributed by atoms with E-state index in [-0.39, 0.29) is 6.54 Å². The van der Waals surface area contributed by atoms with E-state index in [0.717, 1.165) is 21.8 Å². The molecule has 2 aromatic rings. The Morgan fingerprint density at radius 2 is 1.93 bits per heavy atom. The molecule has 3 N–H and O–H groups in total. The largest absolute Gasteiger partial charge is 0.496 e. The van der Waals surface area contributed by atoms with Gasteiger partial charge in [-0.1, -0.05) is 12.1 Å². The smallest absolute Gasteiger partial charge is 0.250 e. The number of nitrogens with zero attached hydrogens (tertiary/aromatic N) is 1. The van der Waals surface area contributed by atoms with Crippen LogP contribution in [0.15, 0.2) is 39.5 Å². The van der Waals surface area contributed by atoms with Crippen LogP contribution in [0.4, 0.5) is 0 Å². The highest BCUT2D eigenvalue weighted by molar-refractivity contribution is 7.91. The molecular formula is C19H28N4O3S2. The molecule has 2 rings (SSSR count). The van der Waals surface area contributed by atoms with Gasteiger partial charge in [-0.05, 0) is 44.5 Å². The summed E-state index contributed by atoms with van der Waals surface area (Å²) in [4.78, 5) is 5.52. The Morgan fingerprint density at radius 1 is 1.14 bits per heavy atom. The van der Waals surface area contributed by atoms with Crippen molar-refractivity contribution in [2.45, 2.75) is 31.5 Å². The molecule has 0 aliphatic heterocycles. The van der Waals surface area contributed by atoms with Crippen molar-refractivity contribution in [2.75, 3.05) is 26.7 Å². The zero-order valence-corrected chi connectivity index (χ0v) is 18.3. The van der Waals surface area contributed by atoms with Crippen molar-refractivity contribution in [3.05, 3.63) is 46.3 Å². The minimum absolute atomic E-state index is 0.261. The van der Waals surface area contributed by atoms with Crippen molar-refractivity contribution in [3.63, 3.8) is 0 Å². The number of thiophene rings is 1. The number of nitrogens with one attached hydrogen (secondary N) is 3. The van der Waals surface area contributed by atoms with Crippen LogP contribution in [0.3, 0.4) is 0 Å². The van der Waals surface area contributed by atoms with E-state index in [0.29, 0.717) is 29.8 Å². The zero-order chi connectivity index (χ0) is 20.6. The highest BCUT2D eigenvalue weighted by Crippen LogP contribution is 2.21. The molecule has 0 spiro atoms. The van der Waals surface area contributed by atoms with Crippen LogP contribution in [0.5, 0.6) is 5.75 Å². The van der Waals surface area contributed by atoms with E-state index in [9.17, 15) is 8.42 Å². The fourth-order valence-electron chi connectivity index (χ4n) is 2.48. The zero-order valence-electron chi connectivity index (χ0n) is 16.7. The second-order valence-corrected chi connectivity index (χ2v) is 9.48. The molecule has 1 aromatic heterocycles. The maximum Gasteiger partial charge on any atom is 0.250 e. The second kappa shape index (κ2) is 10.4. The Kier molecular flexibility index (Phi) is 8.28. The third-order valence-corrected chi connectivity index (χ3v) is 6.84. The van der Waals surface area contributed by atoms with Crippen molar-refractivity contribution in [2.24, 2.45) is 4.99 Å². The number of hydrogen-bond acceptors (Lipinski definition) is 5. The van der Waals surface area contributed by atoms with Crippen molar-refractivity contribution in [1.82, 2.24) is 15.4 Å². The minimum Gasteiger partial charge on any atom is -0.496 e. The molecule has 9 heteroatoms. The van der Waals surface area contributed by atoms with E-state index < -0.39 is 10.0 Å². The van der Waals surface area contributed by atoms with Crippen LogP contribution in [0.25, 0.3) is 0 Å². The highest BCUT2D eigenvalue weighted by atomic mass is 32.2. The van der Waals surface area contributed by atoms with Crippen LogP contribution in [0.1, 0.15) is 22.9 Å². The molecule has 7 nitrogen and oxygen atoms in total. The molecule has 1 heterocycles. The Morgan fingerprint density at radius 3 is 2.57 bits per heavy atom. The number of rotatable bonds is 9. The second-order valence-electron chi connectivity index (χ2n) is 6.20. The van der Waals surface area contributed by atoms with E-state index in [1.807, 2.05) is 39.0 Å². The highest BCUT2D eigenvalue weighted by Gasteiger charge is 2.15. The van der Waals surface area contributed by atoms with Crippen LogP contribution in [0.2, 0.25) is 0 Å². The third kappa shape index (κ3) is 6.50.